The highest BCUT2D eigenvalue weighted by Crippen LogP contribution is 2.44. The number of carbonyl (C=O) groups excluding carboxylic acids is 2. The Morgan fingerprint density at radius 3 is 2.47 bits per heavy atom. The molecule has 0 aromatic heterocycles. The van der Waals surface area contributed by atoms with Crippen LogP contribution in [0.3, 0.4) is 0 Å². The number of carbonyl (C=O) groups is 2. The van der Waals surface area contributed by atoms with Crippen LogP contribution in [0.1, 0.15) is 34.1 Å². The van der Waals surface area contributed by atoms with E-state index >= 15 is 0 Å². The smallest absolute Gasteiger partial charge is 0.333 e. The summed E-state index contributed by atoms with van der Waals surface area (Å²) < 4.78 is 10.1. The molecule has 1 fully saturated rings. The van der Waals surface area contributed by atoms with Crippen molar-refractivity contribution in [2.75, 3.05) is 6.61 Å². The predicted octanol–water partition coefficient (Wildman–Crippen LogP) is -0.492. The van der Waals surface area contributed by atoms with Crippen LogP contribution >= 0.6 is 0 Å². The monoisotopic (exact) mass is 426 g/mol. The van der Waals surface area contributed by atoms with Crippen LogP contribution in [-0.4, -0.2) is 80.2 Å². The number of aliphatic hydroxyl groups excluding tert-OH is 4. The Hall–Kier alpha value is -1.88. The molecule has 2 unspecified atom stereocenters. The Kier molecular flexibility index (Phi) is 7.39. The number of hydrogen-bond acceptors (Lipinski definition) is 9. The minimum absolute atomic E-state index is 0.0639. The number of ether oxygens (including phenoxy) is 2. The molecule has 0 bridgehead atoms. The van der Waals surface area contributed by atoms with Crippen molar-refractivity contribution in [2.45, 2.75) is 70.4 Å². The third-order valence-corrected chi connectivity index (χ3v) is 5.64. The van der Waals surface area contributed by atoms with Gasteiger partial charge in [0.25, 0.3) is 0 Å². The van der Waals surface area contributed by atoms with Crippen molar-refractivity contribution >= 4 is 11.8 Å². The third-order valence-electron chi connectivity index (χ3n) is 5.64. The van der Waals surface area contributed by atoms with E-state index in [9.17, 15) is 35.1 Å². The molecule has 2 rings (SSSR count). The van der Waals surface area contributed by atoms with Gasteiger partial charge in [-0.2, -0.15) is 0 Å². The van der Waals surface area contributed by atoms with E-state index < -0.39 is 54.3 Å². The van der Waals surface area contributed by atoms with Gasteiger partial charge in [0.1, 0.15) is 30.0 Å². The number of aliphatic hydroxyl groups is 5. The first-order valence-corrected chi connectivity index (χ1v) is 9.65. The van der Waals surface area contributed by atoms with Crippen molar-refractivity contribution < 1.29 is 44.6 Å². The van der Waals surface area contributed by atoms with Gasteiger partial charge in [-0.25, -0.2) is 4.79 Å². The Morgan fingerprint density at radius 1 is 1.27 bits per heavy atom. The molecular weight excluding hydrogens is 396 g/mol. The van der Waals surface area contributed by atoms with Crippen LogP contribution in [0.25, 0.3) is 0 Å². The van der Waals surface area contributed by atoms with Crippen LogP contribution < -0.4 is 0 Å². The number of hydrogen-bond donors (Lipinski definition) is 5. The first-order valence-electron chi connectivity index (χ1n) is 9.65. The molecule has 0 spiro atoms. The Morgan fingerprint density at radius 2 is 1.90 bits per heavy atom. The van der Waals surface area contributed by atoms with Gasteiger partial charge in [-0.3, -0.25) is 4.79 Å². The summed E-state index contributed by atoms with van der Waals surface area (Å²) in [6.45, 7) is 6.17. The maximum atomic E-state index is 12.2. The Balaban J connectivity index is 2.11. The van der Waals surface area contributed by atoms with Gasteiger partial charge < -0.3 is 35.0 Å². The minimum Gasteiger partial charge on any atom is -0.430 e. The maximum absolute atomic E-state index is 12.2. The molecule has 1 aliphatic carbocycles. The molecule has 9 heteroatoms. The van der Waals surface area contributed by atoms with Gasteiger partial charge in [0.2, 0.25) is 6.29 Å². The summed E-state index contributed by atoms with van der Waals surface area (Å²) in [5.74, 6) is -0.954. The highest BCUT2D eigenvalue weighted by molar-refractivity contribution is 5.92. The molecule has 0 aromatic rings. The molecule has 0 radical (unpaired) electrons. The van der Waals surface area contributed by atoms with Crippen molar-refractivity contribution in [3.63, 3.8) is 0 Å². The van der Waals surface area contributed by atoms with Crippen LogP contribution in [0.2, 0.25) is 0 Å². The van der Waals surface area contributed by atoms with E-state index in [1.54, 1.807) is 27.7 Å². The molecule has 168 valence electrons. The standard InChI is InChI=1S/C21H30O9/c1-11(5-6-21(28)12(2)8-13(23)9-20(21,3)4)7-15(24)30-19-18(27)17(26)16(25)14(10-22)29-19/h5-8,14,16-19,22,25-28H,9-10H2,1-4H3/b6-5+,11-7+/t14-,16-,17+,18-,19?,21?/m1/s1. The lowest BCUT2D eigenvalue weighted by atomic mass is 9.64. The van der Waals surface area contributed by atoms with E-state index in [2.05, 4.69) is 0 Å². The first-order chi connectivity index (χ1) is 13.8. The minimum atomic E-state index is -1.69. The van der Waals surface area contributed by atoms with Crippen molar-refractivity contribution in [1.82, 2.24) is 0 Å². The van der Waals surface area contributed by atoms with Gasteiger partial charge in [0, 0.05) is 17.9 Å². The lowest BCUT2D eigenvalue weighted by molar-refractivity contribution is -0.291. The van der Waals surface area contributed by atoms with Crippen molar-refractivity contribution in [2.24, 2.45) is 5.41 Å². The highest BCUT2D eigenvalue weighted by atomic mass is 16.7. The summed E-state index contributed by atoms with van der Waals surface area (Å²) in [4.78, 5) is 24.0. The van der Waals surface area contributed by atoms with Gasteiger partial charge in [-0.1, -0.05) is 19.9 Å². The zero-order valence-corrected chi connectivity index (χ0v) is 17.5. The quantitative estimate of drug-likeness (QED) is 0.222. The van der Waals surface area contributed by atoms with Gasteiger partial charge >= 0.3 is 5.97 Å². The maximum Gasteiger partial charge on any atom is 0.333 e. The van der Waals surface area contributed by atoms with E-state index in [4.69, 9.17) is 9.47 Å². The van der Waals surface area contributed by atoms with Crippen molar-refractivity contribution in [1.29, 1.82) is 0 Å². The molecule has 9 nitrogen and oxygen atoms in total. The fourth-order valence-corrected chi connectivity index (χ4v) is 3.66. The Bertz CT molecular complexity index is 764. The van der Waals surface area contributed by atoms with Crippen molar-refractivity contribution in [3.05, 3.63) is 35.5 Å². The molecule has 6 atom stereocenters. The summed E-state index contributed by atoms with van der Waals surface area (Å²) in [5.41, 5.74) is -1.21. The normalized spacial score (nSPS) is 37.2. The van der Waals surface area contributed by atoms with Gasteiger partial charge in [0.15, 0.2) is 5.78 Å². The lowest BCUT2D eigenvalue weighted by Crippen LogP contribution is -2.59. The fraction of sp³-hybridized carbons (Fsp3) is 0.619. The molecular formula is C21H30O9. The van der Waals surface area contributed by atoms with E-state index in [-0.39, 0.29) is 12.2 Å². The van der Waals surface area contributed by atoms with E-state index in [1.165, 1.54) is 18.2 Å². The number of rotatable bonds is 5. The number of allylic oxidation sites excluding steroid dienone is 3. The zero-order valence-electron chi connectivity index (χ0n) is 17.5. The molecule has 1 saturated heterocycles. The zero-order chi connectivity index (χ0) is 22.9. The second kappa shape index (κ2) is 9.09. The molecule has 0 amide bonds. The van der Waals surface area contributed by atoms with E-state index in [1.807, 2.05) is 0 Å². The van der Waals surface area contributed by atoms with Gasteiger partial charge in [-0.05, 0) is 37.1 Å². The molecule has 2 aliphatic rings. The SMILES string of the molecule is CC1=CC(=O)CC(C)(C)C1(O)/C=C/C(C)=C/C(=O)OC1O[C@H](CO)[C@@H](O)[C@H](O)[C@H]1O. The third kappa shape index (κ3) is 4.88. The predicted molar refractivity (Wildman–Crippen MR) is 105 cm³/mol. The van der Waals surface area contributed by atoms with E-state index in [0.29, 0.717) is 11.1 Å². The highest BCUT2D eigenvalue weighted by Gasteiger charge is 2.47. The number of esters is 1. The molecule has 1 heterocycles. The summed E-state index contributed by atoms with van der Waals surface area (Å²) in [6.07, 6.45) is -1.95. The van der Waals surface area contributed by atoms with Crippen LogP contribution in [0.5, 0.6) is 0 Å². The largest absolute Gasteiger partial charge is 0.430 e. The molecule has 0 aromatic carbocycles. The molecule has 1 aliphatic heterocycles. The van der Waals surface area contributed by atoms with Crippen molar-refractivity contribution in [3.8, 4) is 0 Å². The van der Waals surface area contributed by atoms with Crippen LogP contribution in [0, 0.1) is 5.41 Å². The summed E-state index contributed by atoms with van der Waals surface area (Å²) in [5, 5.41) is 49.7. The van der Waals surface area contributed by atoms with Crippen LogP contribution in [0.15, 0.2) is 35.5 Å². The van der Waals surface area contributed by atoms with Gasteiger partial charge in [0.05, 0.1) is 6.61 Å². The molecule has 5 N–H and O–H groups in total. The molecule has 0 saturated carbocycles. The lowest BCUT2D eigenvalue weighted by Gasteiger charge is -2.44. The topological polar surface area (TPSA) is 154 Å². The average Bonchev–Trinajstić information content (AvgIpc) is 2.64. The first kappa shape index (κ1) is 24.4. The van der Waals surface area contributed by atoms with Crippen LogP contribution in [0.4, 0.5) is 0 Å². The number of ketones is 1. The molecule has 30 heavy (non-hydrogen) atoms. The second-order valence-electron chi connectivity index (χ2n) is 8.48. The second-order valence-corrected chi connectivity index (χ2v) is 8.48. The average molecular weight is 426 g/mol. The van der Waals surface area contributed by atoms with Crippen LogP contribution in [-0.2, 0) is 19.1 Å². The summed E-state index contributed by atoms with van der Waals surface area (Å²) in [6, 6.07) is 0. The van der Waals surface area contributed by atoms with E-state index in [0.717, 1.165) is 6.08 Å². The summed E-state index contributed by atoms with van der Waals surface area (Å²) in [7, 11) is 0. The van der Waals surface area contributed by atoms with Gasteiger partial charge in [-0.15, -0.1) is 0 Å². The summed E-state index contributed by atoms with van der Waals surface area (Å²) >= 11 is 0. The Labute approximate surface area is 174 Å². The fourth-order valence-electron chi connectivity index (χ4n) is 3.66.